The summed E-state index contributed by atoms with van der Waals surface area (Å²) in [7, 11) is 0. The molecule has 3 aromatic rings. The van der Waals surface area contributed by atoms with Crippen LogP contribution >= 0.6 is 11.3 Å². The van der Waals surface area contributed by atoms with Crippen LogP contribution in [-0.2, 0) is 12.8 Å². The molecule has 0 saturated carbocycles. The van der Waals surface area contributed by atoms with Crippen LogP contribution in [0.25, 0.3) is 0 Å². The Bertz CT molecular complexity index is 978. The van der Waals surface area contributed by atoms with Crippen molar-refractivity contribution < 1.29 is 9.59 Å². The number of fused-ring (bicyclic) bond motifs is 1. The average Bonchev–Trinajstić information content (AvgIpc) is 3.02. The van der Waals surface area contributed by atoms with Crippen molar-refractivity contribution in [3.05, 3.63) is 63.9 Å². The lowest BCUT2D eigenvalue weighted by Crippen LogP contribution is -2.34. The molecule has 8 nitrogen and oxygen atoms in total. The number of hydrogen-bond acceptors (Lipinski definition) is 7. The summed E-state index contributed by atoms with van der Waals surface area (Å²) >= 11 is 1.38. The molecule has 0 fully saturated rings. The van der Waals surface area contributed by atoms with Crippen molar-refractivity contribution in [1.82, 2.24) is 24.8 Å². The van der Waals surface area contributed by atoms with E-state index in [1.54, 1.807) is 35.6 Å². The molecule has 4 heterocycles. The summed E-state index contributed by atoms with van der Waals surface area (Å²) in [4.78, 5) is 44.7. The second-order valence-corrected chi connectivity index (χ2v) is 7.50. The summed E-state index contributed by atoms with van der Waals surface area (Å²) in [5, 5.41) is 3.26. The summed E-state index contributed by atoms with van der Waals surface area (Å²) < 4.78 is 0. The van der Waals surface area contributed by atoms with Gasteiger partial charge in [0, 0.05) is 55.1 Å². The van der Waals surface area contributed by atoms with Gasteiger partial charge >= 0.3 is 0 Å². The number of carbonyl (C=O) groups excluding carboxylic acids is 2. The number of aryl methyl sites for hydroxylation is 1. The van der Waals surface area contributed by atoms with E-state index in [0.717, 1.165) is 16.3 Å². The fourth-order valence-electron chi connectivity index (χ4n) is 2.95. The molecular formula is C19H18N6O2S. The van der Waals surface area contributed by atoms with Crippen molar-refractivity contribution in [3.8, 4) is 0 Å². The van der Waals surface area contributed by atoms with Gasteiger partial charge in [0.2, 0.25) is 0 Å². The zero-order valence-electron chi connectivity index (χ0n) is 15.3. The predicted octanol–water partition coefficient (Wildman–Crippen LogP) is 2.13. The molecule has 0 radical (unpaired) electrons. The Kier molecular flexibility index (Phi) is 5.07. The molecule has 1 aliphatic rings. The number of amides is 2. The van der Waals surface area contributed by atoms with Crippen LogP contribution in [0.5, 0.6) is 0 Å². The van der Waals surface area contributed by atoms with Crippen LogP contribution in [0.15, 0.2) is 36.9 Å². The standard InChI is InChI=1S/C19H18N6O2S/c1-12-10-22-15(11-21-12)19(27)25-8-4-14-16(5-9-25)28-18(24-14)17(26)23-13-2-6-20-7-3-13/h2-3,6-7,10-11H,4-5,8-9H2,1H3,(H,20,23,26). The molecule has 4 rings (SSSR count). The highest BCUT2D eigenvalue weighted by molar-refractivity contribution is 7.13. The lowest BCUT2D eigenvalue weighted by molar-refractivity contribution is 0.0756. The first kappa shape index (κ1) is 18.2. The molecule has 1 N–H and O–H groups in total. The van der Waals surface area contributed by atoms with Gasteiger partial charge in [0.25, 0.3) is 11.8 Å². The highest BCUT2D eigenvalue weighted by Crippen LogP contribution is 2.24. The maximum atomic E-state index is 12.7. The van der Waals surface area contributed by atoms with Crippen molar-refractivity contribution in [2.75, 3.05) is 18.4 Å². The maximum absolute atomic E-state index is 12.7. The Morgan fingerprint density at radius 3 is 2.64 bits per heavy atom. The third kappa shape index (κ3) is 3.89. The number of nitrogens with one attached hydrogen (secondary N) is 1. The molecular weight excluding hydrogens is 376 g/mol. The van der Waals surface area contributed by atoms with Crippen LogP contribution in [0.4, 0.5) is 5.69 Å². The molecule has 0 spiro atoms. The third-order valence-corrected chi connectivity index (χ3v) is 5.58. The minimum atomic E-state index is -0.230. The van der Waals surface area contributed by atoms with E-state index < -0.39 is 0 Å². The van der Waals surface area contributed by atoms with Crippen molar-refractivity contribution in [1.29, 1.82) is 0 Å². The molecule has 1 aliphatic heterocycles. The number of aromatic nitrogens is 4. The number of hydrogen-bond donors (Lipinski definition) is 1. The number of nitrogens with zero attached hydrogens (tertiary/aromatic N) is 5. The summed E-state index contributed by atoms with van der Waals surface area (Å²) in [6.07, 6.45) is 7.63. The van der Waals surface area contributed by atoms with Gasteiger partial charge in [-0.15, -0.1) is 11.3 Å². The lowest BCUT2D eigenvalue weighted by Gasteiger charge is -2.19. The smallest absolute Gasteiger partial charge is 0.284 e. The van der Waals surface area contributed by atoms with E-state index in [-0.39, 0.29) is 11.8 Å². The zero-order chi connectivity index (χ0) is 19.5. The Hall–Kier alpha value is -3.20. The molecule has 28 heavy (non-hydrogen) atoms. The summed E-state index contributed by atoms with van der Waals surface area (Å²) in [6, 6.07) is 3.46. The van der Waals surface area contributed by atoms with Gasteiger partial charge in [0.1, 0.15) is 5.69 Å². The van der Waals surface area contributed by atoms with Crippen LogP contribution < -0.4 is 5.32 Å². The fraction of sp³-hybridized carbons (Fsp3) is 0.263. The lowest BCUT2D eigenvalue weighted by atomic mass is 10.2. The van der Waals surface area contributed by atoms with E-state index in [9.17, 15) is 9.59 Å². The van der Waals surface area contributed by atoms with Crippen LogP contribution in [0.2, 0.25) is 0 Å². The van der Waals surface area contributed by atoms with E-state index in [1.165, 1.54) is 17.5 Å². The number of pyridine rings is 1. The molecule has 142 valence electrons. The normalized spacial score (nSPS) is 13.5. The molecule has 9 heteroatoms. The molecule has 0 unspecified atom stereocenters. The summed E-state index contributed by atoms with van der Waals surface area (Å²) in [5.74, 6) is -0.356. The van der Waals surface area contributed by atoms with Gasteiger partial charge in [-0.25, -0.2) is 9.97 Å². The number of rotatable bonds is 3. The Morgan fingerprint density at radius 1 is 1.11 bits per heavy atom. The van der Waals surface area contributed by atoms with Crippen LogP contribution in [-0.4, -0.2) is 49.7 Å². The number of thiazole rings is 1. The van der Waals surface area contributed by atoms with Crippen molar-refractivity contribution in [3.63, 3.8) is 0 Å². The van der Waals surface area contributed by atoms with E-state index in [0.29, 0.717) is 42.3 Å². The Morgan fingerprint density at radius 2 is 1.89 bits per heavy atom. The average molecular weight is 394 g/mol. The topological polar surface area (TPSA) is 101 Å². The van der Waals surface area contributed by atoms with Crippen molar-refractivity contribution in [2.24, 2.45) is 0 Å². The largest absolute Gasteiger partial charge is 0.337 e. The molecule has 0 saturated heterocycles. The SMILES string of the molecule is Cc1cnc(C(=O)N2CCc3nc(C(=O)Nc4ccncc4)sc3CC2)cn1. The van der Waals surface area contributed by atoms with Gasteiger partial charge in [-0.1, -0.05) is 0 Å². The van der Waals surface area contributed by atoms with Gasteiger partial charge in [0.05, 0.1) is 17.6 Å². The zero-order valence-corrected chi connectivity index (χ0v) is 16.1. The predicted molar refractivity (Wildman–Crippen MR) is 104 cm³/mol. The second kappa shape index (κ2) is 7.81. The summed E-state index contributed by atoms with van der Waals surface area (Å²) in [6.45, 7) is 2.94. The van der Waals surface area contributed by atoms with E-state index >= 15 is 0 Å². The molecule has 3 aromatic heterocycles. The van der Waals surface area contributed by atoms with E-state index in [1.807, 2.05) is 6.92 Å². The van der Waals surface area contributed by atoms with Gasteiger partial charge in [0.15, 0.2) is 5.01 Å². The quantitative estimate of drug-likeness (QED) is 0.730. The Labute approximate surface area is 165 Å². The highest BCUT2D eigenvalue weighted by atomic mass is 32.1. The number of anilines is 1. The van der Waals surface area contributed by atoms with Crippen molar-refractivity contribution in [2.45, 2.75) is 19.8 Å². The maximum Gasteiger partial charge on any atom is 0.284 e. The van der Waals surface area contributed by atoms with Gasteiger partial charge in [-0.2, -0.15) is 0 Å². The minimum Gasteiger partial charge on any atom is -0.337 e. The van der Waals surface area contributed by atoms with Crippen LogP contribution in [0.1, 0.15) is 36.6 Å². The molecule has 0 aliphatic carbocycles. The summed E-state index contributed by atoms with van der Waals surface area (Å²) in [5.41, 5.74) is 2.69. The Balaban J connectivity index is 1.43. The number of carbonyl (C=O) groups is 2. The first-order valence-corrected chi connectivity index (χ1v) is 9.69. The second-order valence-electron chi connectivity index (χ2n) is 6.41. The molecule has 0 atom stereocenters. The van der Waals surface area contributed by atoms with E-state index in [4.69, 9.17) is 0 Å². The van der Waals surface area contributed by atoms with E-state index in [2.05, 4.69) is 25.3 Å². The fourth-order valence-corrected chi connectivity index (χ4v) is 3.94. The first-order valence-electron chi connectivity index (χ1n) is 8.88. The van der Waals surface area contributed by atoms with Crippen LogP contribution in [0.3, 0.4) is 0 Å². The van der Waals surface area contributed by atoms with Crippen molar-refractivity contribution >= 4 is 28.8 Å². The highest BCUT2D eigenvalue weighted by Gasteiger charge is 2.24. The minimum absolute atomic E-state index is 0.127. The van der Waals surface area contributed by atoms with Gasteiger partial charge in [-0.05, 0) is 19.1 Å². The molecule has 2 amide bonds. The van der Waals surface area contributed by atoms with Crippen LogP contribution in [0, 0.1) is 6.92 Å². The monoisotopic (exact) mass is 394 g/mol. The van der Waals surface area contributed by atoms with Gasteiger partial charge < -0.3 is 10.2 Å². The third-order valence-electron chi connectivity index (χ3n) is 4.43. The molecule has 0 bridgehead atoms. The van der Waals surface area contributed by atoms with Gasteiger partial charge in [-0.3, -0.25) is 19.6 Å². The first-order chi connectivity index (χ1) is 13.6. The molecule has 0 aromatic carbocycles.